The van der Waals surface area contributed by atoms with Crippen molar-refractivity contribution in [2.24, 2.45) is 5.73 Å². The Kier molecular flexibility index (Phi) is 5.15. The summed E-state index contributed by atoms with van der Waals surface area (Å²) in [4.78, 5) is 22.4. The molecule has 0 saturated carbocycles. The lowest BCUT2D eigenvalue weighted by Gasteiger charge is -2.05. The number of amides is 2. The highest BCUT2D eigenvalue weighted by Gasteiger charge is 2.11. The zero-order valence-corrected chi connectivity index (χ0v) is 9.77. The Hall–Kier alpha value is -1.89. The van der Waals surface area contributed by atoms with Crippen LogP contribution in [0.2, 0.25) is 0 Å². The van der Waals surface area contributed by atoms with Crippen molar-refractivity contribution in [3.63, 3.8) is 0 Å². The molecule has 0 aliphatic carbocycles. The van der Waals surface area contributed by atoms with Crippen LogP contribution >= 0.6 is 0 Å². The first-order valence-corrected chi connectivity index (χ1v) is 5.38. The Morgan fingerprint density at radius 2 is 2.00 bits per heavy atom. The van der Waals surface area contributed by atoms with E-state index < -0.39 is 11.8 Å². The molecule has 0 unspecified atom stereocenters. The largest absolute Gasteiger partial charge is 0.347 e. The summed E-state index contributed by atoms with van der Waals surface area (Å²) >= 11 is 0. The van der Waals surface area contributed by atoms with Crippen LogP contribution in [0.4, 0.5) is 0 Å². The number of carbonyl (C=O) groups is 2. The lowest BCUT2D eigenvalue weighted by Crippen LogP contribution is -2.42. The van der Waals surface area contributed by atoms with Gasteiger partial charge in [0.1, 0.15) is 0 Å². The smallest absolute Gasteiger partial charge is 0.309 e. The van der Waals surface area contributed by atoms with E-state index in [0.29, 0.717) is 26.2 Å². The molecule has 0 fully saturated rings. The predicted molar refractivity (Wildman–Crippen MR) is 62.0 cm³/mol. The molecule has 7 nitrogen and oxygen atoms in total. The standard InChI is InChI=1S/C10H17N5O2/c1-8-6-14-15(7-8)5-4-13-10(17)9(16)12-3-2-11/h6-7H,2-5,11H2,1H3,(H,12,16)(H,13,17). The predicted octanol–water partition coefficient (Wildman–Crippen LogP) is -1.62. The van der Waals surface area contributed by atoms with Crippen molar-refractivity contribution in [1.82, 2.24) is 20.4 Å². The van der Waals surface area contributed by atoms with E-state index in [1.807, 2.05) is 13.1 Å². The first-order valence-electron chi connectivity index (χ1n) is 5.38. The van der Waals surface area contributed by atoms with Gasteiger partial charge in [-0.05, 0) is 12.5 Å². The van der Waals surface area contributed by atoms with Crippen LogP contribution in [0.25, 0.3) is 0 Å². The van der Waals surface area contributed by atoms with Gasteiger partial charge in [0.25, 0.3) is 0 Å². The van der Waals surface area contributed by atoms with Crippen LogP contribution in [-0.4, -0.2) is 41.2 Å². The lowest BCUT2D eigenvalue weighted by molar-refractivity contribution is -0.139. The van der Waals surface area contributed by atoms with Crippen LogP contribution < -0.4 is 16.4 Å². The molecule has 2 amide bonds. The summed E-state index contributed by atoms with van der Waals surface area (Å²) < 4.78 is 1.70. The molecule has 17 heavy (non-hydrogen) atoms. The average Bonchev–Trinajstić information content (AvgIpc) is 2.71. The number of nitrogens with one attached hydrogen (secondary N) is 2. The monoisotopic (exact) mass is 239 g/mol. The minimum atomic E-state index is -0.660. The summed E-state index contributed by atoms with van der Waals surface area (Å²) in [6.45, 7) is 3.43. The molecule has 1 aromatic heterocycles. The Morgan fingerprint density at radius 1 is 1.35 bits per heavy atom. The van der Waals surface area contributed by atoms with Crippen molar-refractivity contribution < 1.29 is 9.59 Å². The summed E-state index contributed by atoms with van der Waals surface area (Å²) in [6.07, 6.45) is 3.59. The van der Waals surface area contributed by atoms with Gasteiger partial charge in [-0.25, -0.2) is 0 Å². The number of aryl methyl sites for hydroxylation is 1. The second kappa shape index (κ2) is 6.64. The van der Waals surface area contributed by atoms with E-state index in [0.717, 1.165) is 5.56 Å². The highest BCUT2D eigenvalue weighted by Crippen LogP contribution is 1.92. The molecule has 0 aliphatic rings. The number of nitrogens with two attached hydrogens (primary N) is 1. The zero-order valence-electron chi connectivity index (χ0n) is 9.77. The van der Waals surface area contributed by atoms with E-state index in [1.54, 1.807) is 10.9 Å². The quantitative estimate of drug-likeness (QED) is 0.537. The summed E-state index contributed by atoms with van der Waals surface area (Å²) in [5, 5.41) is 8.94. The van der Waals surface area contributed by atoms with Gasteiger partial charge in [0.15, 0.2) is 0 Å². The Balaban J connectivity index is 2.22. The molecule has 94 valence electrons. The molecule has 0 aromatic carbocycles. The first kappa shape index (κ1) is 13.2. The summed E-state index contributed by atoms with van der Waals surface area (Å²) in [7, 11) is 0. The topological polar surface area (TPSA) is 102 Å². The van der Waals surface area contributed by atoms with Crippen LogP contribution in [0.3, 0.4) is 0 Å². The number of aromatic nitrogens is 2. The molecule has 0 radical (unpaired) electrons. The molecule has 0 atom stereocenters. The zero-order chi connectivity index (χ0) is 12.7. The third kappa shape index (κ3) is 4.64. The van der Waals surface area contributed by atoms with Gasteiger partial charge >= 0.3 is 11.8 Å². The highest BCUT2D eigenvalue weighted by molar-refractivity contribution is 6.35. The fourth-order valence-electron chi connectivity index (χ4n) is 1.22. The Bertz CT molecular complexity index is 388. The number of hydrogen-bond acceptors (Lipinski definition) is 4. The maximum absolute atomic E-state index is 11.3. The van der Waals surface area contributed by atoms with E-state index >= 15 is 0 Å². The van der Waals surface area contributed by atoms with Crippen LogP contribution in [0.5, 0.6) is 0 Å². The van der Waals surface area contributed by atoms with Gasteiger partial charge in [0.2, 0.25) is 0 Å². The fourth-order valence-corrected chi connectivity index (χ4v) is 1.22. The van der Waals surface area contributed by atoms with Crippen LogP contribution in [0.1, 0.15) is 5.56 Å². The first-order chi connectivity index (χ1) is 8.13. The van der Waals surface area contributed by atoms with Gasteiger partial charge < -0.3 is 16.4 Å². The third-order valence-electron chi connectivity index (χ3n) is 2.02. The van der Waals surface area contributed by atoms with Crippen LogP contribution in [0, 0.1) is 6.92 Å². The molecule has 1 heterocycles. The van der Waals surface area contributed by atoms with Gasteiger partial charge in [-0.1, -0.05) is 0 Å². The summed E-state index contributed by atoms with van der Waals surface area (Å²) in [6, 6.07) is 0. The number of hydrogen-bond donors (Lipinski definition) is 3. The van der Waals surface area contributed by atoms with Gasteiger partial charge in [0, 0.05) is 25.8 Å². The molecule has 0 aliphatic heterocycles. The molecule has 1 rings (SSSR count). The number of carbonyl (C=O) groups excluding carboxylic acids is 2. The van der Waals surface area contributed by atoms with Crippen molar-refractivity contribution in [1.29, 1.82) is 0 Å². The van der Waals surface area contributed by atoms with E-state index in [1.165, 1.54) is 0 Å². The third-order valence-corrected chi connectivity index (χ3v) is 2.02. The van der Waals surface area contributed by atoms with Gasteiger partial charge in [0.05, 0.1) is 12.7 Å². The van der Waals surface area contributed by atoms with E-state index in [-0.39, 0.29) is 0 Å². The lowest BCUT2D eigenvalue weighted by atomic mass is 10.4. The molecule has 0 saturated heterocycles. The van der Waals surface area contributed by atoms with Crippen LogP contribution in [0.15, 0.2) is 12.4 Å². The molecule has 7 heteroatoms. The maximum atomic E-state index is 11.3. The van der Waals surface area contributed by atoms with Gasteiger partial charge in [-0.2, -0.15) is 5.10 Å². The minimum Gasteiger partial charge on any atom is -0.347 e. The minimum absolute atomic E-state index is 0.296. The molecule has 0 spiro atoms. The van der Waals surface area contributed by atoms with Crippen molar-refractivity contribution in [2.45, 2.75) is 13.5 Å². The van der Waals surface area contributed by atoms with Crippen molar-refractivity contribution >= 4 is 11.8 Å². The number of rotatable bonds is 5. The van der Waals surface area contributed by atoms with Crippen LogP contribution in [-0.2, 0) is 16.1 Å². The Morgan fingerprint density at radius 3 is 2.53 bits per heavy atom. The maximum Gasteiger partial charge on any atom is 0.309 e. The molecule has 0 bridgehead atoms. The normalized spacial score (nSPS) is 10.0. The fraction of sp³-hybridized carbons (Fsp3) is 0.500. The van der Waals surface area contributed by atoms with Crippen molar-refractivity contribution in [3.8, 4) is 0 Å². The van der Waals surface area contributed by atoms with E-state index in [2.05, 4.69) is 15.7 Å². The second-order valence-electron chi connectivity index (χ2n) is 3.58. The number of nitrogens with zero attached hydrogens (tertiary/aromatic N) is 2. The van der Waals surface area contributed by atoms with E-state index in [9.17, 15) is 9.59 Å². The second-order valence-corrected chi connectivity index (χ2v) is 3.58. The average molecular weight is 239 g/mol. The van der Waals surface area contributed by atoms with E-state index in [4.69, 9.17) is 5.73 Å². The molecular weight excluding hydrogens is 222 g/mol. The van der Waals surface area contributed by atoms with Gasteiger partial charge in [-0.15, -0.1) is 0 Å². The summed E-state index contributed by atoms with van der Waals surface area (Å²) in [5.41, 5.74) is 6.25. The SMILES string of the molecule is Cc1cnn(CCNC(=O)C(=O)NCCN)c1. The van der Waals surface area contributed by atoms with Crippen molar-refractivity contribution in [3.05, 3.63) is 18.0 Å². The van der Waals surface area contributed by atoms with Crippen molar-refractivity contribution in [2.75, 3.05) is 19.6 Å². The molecule has 4 N–H and O–H groups in total. The molecular formula is C10H17N5O2. The molecule has 1 aromatic rings. The van der Waals surface area contributed by atoms with Gasteiger partial charge in [-0.3, -0.25) is 14.3 Å². The summed E-state index contributed by atoms with van der Waals surface area (Å²) in [5.74, 6) is -1.31. The highest BCUT2D eigenvalue weighted by atomic mass is 16.2. The Labute approximate surface area is 99.4 Å².